The first-order valence-corrected chi connectivity index (χ1v) is 5.80. The summed E-state index contributed by atoms with van der Waals surface area (Å²) in [5.74, 6) is 1.70. The van der Waals surface area contributed by atoms with Gasteiger partial charge in [0, 0.05) is 12.3 Å². The fourth-order valence-electron chi connectivity index (χ4n) is 1.12. The molecule has 0 aliphatic rings. The van der Waals surface area contributed by atoms with Gasteiger partial charge in [-0.05, 0) is 24.6 Å². The molecule has 0 amide bonds. The molecule has 0 unspecified atom stereocenters. The van der Waals surface area contributed by atoms with Gasteiger partial charge >= 0.3 is 0 Å². The molecule has 0 saturated carbocycles. The minimum Gasteiger partial charge on any atom is -0.497 e. The maximum atomic E-state index is 5.68. The number of methoxy groups -OCH3 is 1. The van der Waals surface area contributed by atoms with E-state index in [1.54, 1.807) is 18.9 Å². The molecule has 0 saturated heterocycles. The number of rotatable bonds is 4. The van der Waals surface area contributed by atoms with Gasteiger partial charge in [0.2, 0.25) is 0 Å². The van der Waals surface area contributed by atoms with Crippen LogP contribution in [0.2, 0.25) is 0 Å². The summed E-state index contributed by atoms with van der Waals surface area (Å²) in [6.07, 6.45) is 0. The van der Waals surface area contributed by atoms with E-state index in [2.05, 4.69) is 11.1 Å². The highest BCUT2D eigenvalue weighted by Gasteiger charge is 1.98. The lowest BCUT2D eigenvalue weighted by molar-refractivity contribution is 0.414. The standard InChI is InChI=1S/C11H16N2OS/c1-3-13-11(12)15-8-9-5-4-6-10(7-9)14-2/h4-7H,3,8H2,1-2H3,(H2,12,13). The largest absolute Gasteiger partial charge is 0.497 e. The van der Waals surface area contributed by atoms with Gasteiger partial charge in [-0.3, -0.25) is 4.99 Å². The summed E-state index contributed by atoms with van der Waals surface area (Å²) in [5, 5.41) is 0.639. The molecule has 1 aromatic carbocycles. The number of hydrogen-bond donors (Lipinski definition) is 1. The predicted molar refractivity (Wildman–Crippen MR) is 66.5 cm³/mol. The van der Waals surface area contributed by atoms with Crippen LogP contribution in [-0.4, -0.2) is 18.8 Å². The van der Waals surface area contributed by atoms with E-state index in [-0.39, 0.29) is 0 Å². The third-order valence-corrected chi connectivity index (χ3v) is 2.74. The topological polar surface area (TPSA) is 47.6 Å². The van der Waals surface area contributed by atoms with E-state index in [4.69, 9.17) is 10.5 Å². The molecule has 2 N–H and O–H groups in total. The molecule has 0 fully saturated rings. The Labute approximate surface area is 94.7 Å². The average molecular weight is 224 g/mol. The summed E-state index contributed by atoms with van der Waals surface area (Å²) in [7, 11) is 1.67. The molecule has 3 nitrogen and oxygen atoms in total. The van der Waals surface area contributed by atoms with E-state index >= 15 is 0 Å². The third-order valence-electron chi connectivity index (χ3n) is 1.83. The molecule has 1 rings (SSSR count). The van der Waals surface area contributed by atoms with Crippen LogP contribution >= 0.6 is 11.8 Å². The van der Waals surface area contributed by atoms with Crippen LogP contribution in [-0.2, 0) is 5.75 Å². The van der Waals surface area contributed by atoms with Crippen LogP contribution in [0.25, 0.3) is 0 Å². The maximum Gasteiger partial charge on any atom is 0.154 e. The monoisotopic (exact) mass is 224 g/mol. The SMILES string of the molecule is CCN=C(N)SCc1cccc(OC)c1. The number of ether oxygens (including phenoxy) is 1. The van der Waals surface area contributed by atoms with Gasteiger partial charge in [0.05, 0.1) is 7.11 Å². The third kappa shape index (κ3) is 4.25. The smallest absolute Gasteiger partial charge is 0.154 e. The van der Waals surface area contributed by atoms with Crippen molar-refractivity contribution in [3.05, 3.63) is 29.8 Å². The van der Waals surface area contributed by atoms with Gasteiger partial charge in [-0.15, -0.1) is 0 Å². The molecule has 15 heavy (non-hydrogen) atoms. The first kappa shape index (κ1) is 11.9. The van der Waals surface area contributed by atoms with Gasteiger partial charge in [0.1, 0.15) is 5.75 Å². The van der Waals surface area contributed by atoms with Crippen molar-refractivity contribution in [3.63, 3.8) is 0 Å². The van der Waals surface area contributed by atoms with Crippen molar-refractivity contribution in [2.24, 2.45) is 10.7 Å². The minimum atomic E-state index is 0.639. The van der Waals surface area contributed by atoms with E-state index in [1.807, 2.05) is 25.1 Å². The highest BCUT2D eigenvalue weighted by Crippen LogP contribution is 2.17. The van der Waals surface area contributed by atoms with Gasteiger partial charge < -0.3 is 10.5 Å². The maximum absolute atomic E-state index is 5.68. The van der Waals surface area contributed by atoms with Crippen LogP contribution in [0.3, 0.4) is 0 Å². The van der Waals surface area contributed by atoms with E-state index in [0.717, 1.165) is 18.0 Å². The van der Waals surface area contributed by atoms with Crippen LogP contribution < -0.4 is 10.5 Å². The lowest BCUT2D eigenvalue weighted by Crippen LogP contribution is -2.07. The summed E-state index contributed by atoms with van der Waals surface area (Å²) in [6.45, 7) is 2.70. The number of benzene rings is 1. The zero-order valence-corrected chi connectivity index (χ0v) is 9.88. The number of amidine groups is 1. The summed E-state index contributed by atoms with van der Waals surface area (Å²) in [4.78, 5) is 4.11. The van der Waals surface area contributed by atoms with Crippen molar-refractivity contribution < 1.29 is 4.74 Å². The molecule has 0 atom stereocenters. The molecule has 0 spiro atoms. The fourth-order valence-corrected chi connectivity index (χ4v) is 1.84. The number of nitrogens with two attached hydrogens (primary N) is 1. The Morgan fingerprint density at radius 2 is 2.33 bits per heavy atom. The molecule has 1 aromatic rings. The van der Waals surface area contributed by atoms with Gasteiger partial charge in [0.15, 0.2) is 5.17 Å². The second-order valence-electron chi connectivity index (χ2n) is 2.95. The lowest BCUT2D eigenvalue weighted by atomic mass is 10.2. The lowest BCUT2D eigenvalue weighted by Gasteiger charge is -2.03. The molecular formula is C11H16N2OS. The summed E-state index contributed by atoms with van der Waals surface area (Å²) >= 11 is 1.55. The molecule has 0 aromatic heterocycles. The second kappa shape index (κ2) is 6.35. The summed E-state index contributed by atoms with van der Waals surface area (Å²) in [6, 6.07) is 7.96. The second-order valence-corrected chi connectivity index (χ2v) is 3.95. The molecule has 82 valence electrons. The van der Waals surface area contributed by atoms with Crippen LogP contribution in [0.1, 0.15) is 12.5 Å². The van der Waals surface area contributed by atoms with E-state index in [1.165, 1.54) is 5.56 Å². The Morgan fingerprint density at radius 3 is 3.00 bits per heavy atom. The molecule has 0 aliphatic carbocycles. The van der Waals surface area contributed by atoms with E-state index in [0.29, 0.717) is 5.17 Å². The van der Waals surface area contributed by atoms with Crippen LogP contribution in [0.15, 0.2) is 29.3 Å². The normalized spacial score (nSPS) is 11.5. The fraction of sp³-hybridized carbons (Fsp3) is 0.364. The van der Waals surface area contributed by atoms with Crippen molar-refractivity contribution in [1.29, 1.82) is 0 Å². The van der Waals surface area contributed by atoms with Gasteiger partial charge in [-0.1, -0.05) is 23.9 Å². The summed E-state index contributed by atoms with van der Waals surface area (Å²) < 4.78 is 5.14. The Balaban J connectivity index is 2.53. The van der Waals surface area contributed by atoms with Gasteiger partial charge in [0.25, 0.3) is 0 Å². The average Bonchev–Trinajstić information content (AvgIpc) is 2.27. The van der Waals surface area contributed by atoms with Crippen molar-refractivity contribution in [2.45, 2.75) is 12.7 Å². The van der Waals surface area contributed by atoms with E-state index in [9.17, 15) is 0 Å². The molecule has 4 heteroatoms. The quantitative estimate of drug-likeness (QED) is 0.630. The van der Waals surface area contributed by atoms with Crippen molar-refractivity contribution in [2.75, 3.05) is 13.7 Å². The number of hydrogen-bond acceptors (Lipinski definition) is 3. The molecule has 0 heterocycles. The number of nitrogens with zero attached hydrogens (tertiary/aromatic N) is 1. The van der Waals surface area contributed by atoms with Gasteiger partial charge in [-0.25, -0.2) is 0 Å². The van der Waals surface area contributed by atoms with Crippen molar-refractivity contribution in [3.8, 4) is 5.75 Å². The first-order valence-electron chi connectivity index (χ1n) is 4.82. The number of thioether (sulfide) groups is 1. The molecule has 0 bridgehead atoms. The zero-order valence-electron chi connectivity index (χ0n) is 9.06. The molecule has 0 radical (unpaired) electrons. The Morgan fingerprint density at radius 1 is 1.53 bits per heavy atom. The molecule has 0 aliphatic heterocycles. The Bertz CT molecular complexity index is 339. The Hall–Kier alpha value is -1.16. The first-order chi connectivity index (χ1) is 7.26. The highest BCUT2D eigenvalue weighted by atomic mass is 32.2. The summed E-state index contributed by atoms with van der Waals surface area (Å²) in [5.41, 5.74) is 6.87. The van der Waals surface area contributed by atoms with Crippen LogP contribution in [0.5, 0.6) is 5.75 Å². The van der Waals surface area contributed by atoms with Crippen molar-refractivity contribution in [1.82, 2.24) is 0 Å². The molecular weight excluding hydrogens is 208 g/mol. The van der Waals surface area contributed by atoms with Crippen LogP contribution in [0, 0.1) is 0 Å². The van der Waals surface area contributed by atoms with Crippen LogP contribution in [0.4, 0.5) is 0 Å². The predicted octanol–water partition coefficient (Wildman–Crippen LogP) is 2.26. The van der Waals surface area contributed by atoms with E-state index < -0.39 is 0 Å². The van der Waals surface area contributed by atoms with Gasteiger partial charge in [-0.2, -0.15) is 0 Å². The highest BCUT2D eigenvalue weighted by molar-refractivity contribution is 8.13. The zero-order chi connectivity index (χ0) is 11.1. The van der Waals surface area contributed by atoms with Crippen molar-refractivity contribution >= 4 is 16.9 Å². The Kier molecular flexibility index (Phi) is 5.04. The minimum absolute atomic E-state index is 0.639. The number of aliphatic imine (C=N–C) groups is 1.